The van der Waals surface area contributed by atoms with E-state index >= 15 is 0 Å². The van der Waals surface area contributed by atoms with E-state index in [1.165, 1.54) is 36.4 Å². The monoisotopic (exact) mass is 446 g/mol. The highest BCUT2D eigenvalue weighted by Gasteiger charge is 2.24. The molecule has 0 spiro atoms. The van der Waals surface area contributed by atoms with Crippen LogP contribution in [0.4, 0.5) is 4.39 Å². The number of benzene rings is 2. The molecule has 3 heterocycles. The minimum Gasteiger partial charge on any atom is -0.494 e. The second-order valence-corrected chi connectivity index (χ2v) is 8.56. The number of carbonyl (C=O) groups excluding carboxylic acids is 1. The fourth-order valence-corrected chi connectivity index (χ4v) is 4.79. The number of hydrogen-bond acceptors (Lipinski definition) is 4. The molecule has 0 aliphatic carbocycles. The molecule has 33 heavy (non-hydrogen) atoms. The Morgan fingerprint density at radius 1 is 1.27 bits per heavy atom. The lowest BCUT2D eigenvalue weighted by Gasteiger charge is -2.29. The normalized spacial score (nSPS) is 13.9. The zero-order valence-corrected chi connectivity index (χ0v) is 18.9. The molecule has 0 bridgehead atoms. The molecule has 0 radical (unpaired) electrons. The summed E-state index contributed by atoms with van der Waals surface area (Å²) in [5.41, 5.74) is 6.20. The van der Waals surface area contributed by atoms with Gasteiger partial charge in [0.25, 0.3) is 0 Å². The Kier molecular flexibility index (Phi) is 5.72. The van der Waals surface area contributed by atoms with Crippen molar-refractivity contribution in [2.75, 3.05) is 26.7 Å². The van der Waals surface area contributed by atoms with Gasteiger partial charge in [0.1, 0.15) is 0 Å². The summed E-state index contributed by atoms with van der Waals surface area (Å²) in [6, 6.07) is 13.4. The summed E-state index contributed by atoms with van der Waals surface area (Å²) in [6.45, 7) is 4.60. The van der Waals surface area contributed by atoms with Gasteiger partial charge in [-0.1, -0.05) is 24.3 Å². The second-order valence-electron chi connectivity index (χ2n) is 8.56. The molecule has 0 atom stereocenters. The SMILES string of the molecule is COc1ccc(Cc2nc3c(c4c2[nH]c2ccccc24)CCN(CCNC(C)=O)C3)cc1F. The molecular weight excluding hydrogens is 419 g/mol. The molecule has 2 aromatic heterocycles. The molecule has 4 aromatic rings. The molecule has 1 aliphatic rings. The number of fused-ring (bicyclic) bond motifs is 5. The first-order valence-electron chi connectivity index (χ1n) is 11.2. The van der Waals surface area contributed by atoms with E-state index in [0.29, 0.717) is 13.0 Å². The van der Waals surface area contributed by atoms with Crippen LogP contribution in [0.25, 0.3) is 21.8 Å². The van der Waals surface area contributed by atoms with Crippen LogP contribution in [0.5, 0.6) is 5.75 Å². The zero-order valence-electron chi connectivity index (χ0n) is 18.9. The van der Waals surface area contributed by atoms with Crippen LogP contribution < -0.4 is 10.1 Å². The number of hydrogen-bond donors (Lipinski definition) is 2. The number of rotatable bonds is 6. The fraction of sp³-hybridized carbons (Fsp3) is 0.308. The van der Waals surface area contributed by atoms with Crippen molar-refractivity contribution in [3.05, 3.63) is 70.8 Å². The summed E-state index contributed by atoms with van der Waals surface area (Å²) in [5, 5.41) is 5.29. The highest BCUT2D eigenvalue weighted by molar-refractivity contribution is 6.10. The summed E-state index contributed by atoms with van der Waals surface area (Å²) in [4.78, 5) is 22.2. The zero-order chi connectivity index (χ0) is 22.9. The van der Waals surface area contributed by atoms with Crippen molar-refractivity contribution in [3.8, 4) is 5.75 Å². The number of nitrogens with one attached hydrogen (secondary N) is 2. The summed E-state index contributed by atoms with van der Waals surface area (Å²) >= 11 is 0. The summed E-state index contributed by atoms with van der Waals surface area (Å²) in [7, 11) is 1.47. The topological polar surface area (TPSA) is 70.2 Å². The van der Waals surface area contributed by atoms with Crippen LogP contribution in [-0.2, 0) is 24.2 Å². The van der Waals surface area contributed by atoms with Gasteiger partial charge in [-0.15, -0.1) is 0 Å². The maximum Gasteiger partial charge on any atom is 0.216 e. The molecule has 7 heteroatoms. The van der Waals surface area contributed by atoms with E-state index in [-0.39, 0.29) is 17.5 Å². The fourth-order valence-electron chi connectivity index (χ4n) is 4.79. The van der Waals surface area contributed by atoms with Gasteiger partial charge in [0.2, 0.25) is 5.91 Å². The van der Waals surface area contributed by atoms with Crippen molar-refractivity contribution in [3.63, 3.8) is 0 Å². The van der Waals surface area contributed by atoms with Crippen LogP contribution in [0.2, 0.25) is 0 Å². The van der Waals surface area contributed by atoms with Crippen molar-refractivity contribution in [1.82, 2.24) is 20.2 Å². The first-order valence-corrected chi connectivity index (χ1v) is 11.2. The minimum absolute atomic E-state index is 0.0138. The molecule has 2 N–H and O–H groups in total. The average Bonchev–Trinajstić information content (AvgIpc) is 3.19. The van der Waals surface area contributed by atoms with E-state index in [4.69, 9.17) is 9.72 Å². The van der Waals surface area contributed by atoms with Crippen molar-refractivity contribution >= 4 is 27.7 Å². The smallest absolute Gasteiger partial charge is 0.216 e. The summed E-state index contributed by atoms with van der Waals surface area (Å²) in [6.07, 6.45) is 1.42. The molecule has 2 aromatic carbocycles. The third-order valence-corrected chi connectivity index (χ3v) is 6.36. The predicted octanol–water partition coefficient (Wildman–Crippen LogP) is 3.95. The number of methoxy groups -OCH3 is 1. The summed E-state index contributed by atoms with van der Waals surface area (Å²) < 4.78 is 19.4. The highest BCUT2D eigenvalue weighted by Crippen LogP contribution is 2.35. The minimum atomic E-state index is -0.370. The number of para-hydroxylation sites is 1. The lowest BCUT2D eigenvalue weighted by Crippen LogP contribution is -2.37. The van der Waals surface area contributed by atoms with E-state index in [0.717, 1.165) is 54.0 Å². The molecule has 0 fully saturated rings. The maximum atomic E-state index is 14.3. The van der Waals surface area contributed by atoms with Gasteiger partial charge in [-0.2, -0.15) is 0 Å². The number of carbonyl (C=O) groups is 1. The molecule has 6 nitrogen and oxygen atoms in total. The van der Waals surface area contributed by atoms with Crippen molar-refractivity contribution in [1.29, 1.82) is 0 Å². The van der Waals surface area contributed by atoms with Gasteiger partial charge in [-0.05, 0) is 35.7 Å². The number of amides is 1. The van der Waals surface area contributed by atoms with Crippen LogP contribution in [0.1, 0.15) is 29.4 Å². The van der Waals surface area contributed by atoms with Gasteiger partial charge in [-0.25, -0.2) is 4.39 Å². The number of aromatic nitrogens is 2. The van der Waals surface area contributed by atoms with Gasteiger partial charge < -0.3 is 15.0 Å². The van der Waals surface area contributed by atoms with Gasteiger partial charge >= 0.3 is 0 Å². The van der Waals surface area contributed by atoms with Crippen LogP contribution >= 0.6 is 0 Å². The number of H-pyrrole nitrogens is 1. The quantitative estimate of drug-likeness (QED) is 0.471. The summed E-state index contributed by atoms with van der Waals surface area (Å²) in [5.74, 6) is -0.146. The molecule has 170 valence electrons. The van der Waals surface area contributed by atoms with E-state index < -0.39 is 0 Å². The average molecular weight is 447 g/mol. The third kappa shape index (κ3) is 4.16. The Labute approximate surface area is 191 Å². The largest absolute Gasteiger partial charge is 0.494 e. The van der Waals surface area contributed by atoms with Gasteiger partial charge in [0.15, 0.2) is 11.6 Å². The maximum absolute atomic E-state index is 14.3. The number of halogens is 1. The standard InChI is InChI=1S/C26H27FN4O2/c1-16(32)28-10-12-31-11-9-19-23(15-31)29-22(14-17-7-8-24(33-2)20(27)13-17)26-25(19)18-5-3-4-6-21(18)30-26/h3-8,13,30H,9-12,14-15H2,1-2H3,(H,28,32). The second kappa shape index (κ2) is 8.83. The molecule has 0 saturated heterocycles. The van der Waals surface area contributed by atoms with E-state index in [1.54, 1.807) is 6.07 Å². The highest BCUT2D eigenvalue weighted by atomic mass is 19.1. The lowest BCUT2D eigenvalue weighted by atomic mass is 9.96. The number of aromatic amines is 1. The Bertz CT molecular complexity index is 1350. The molecule has 0 saturated carbocycles. The van der Waals surface area contributed by atoms with Crippen LogP contribution in [0, 0.1) is 5.82 Å². The van der Waals surface area contributed by atoms with Crippen LogP contribution in [-0.4, -0.2) is 47.5 Å². The van der Waals surface area contributed by atoms with Crippen LogP contribution in [0.3, 0.4) is 0 Å². The number of ether oxygens (including phenoxy) is 1. The molecule has 5 rings (SSSR count). The van der Waals surface area contributed by atoms with Crippen molar-refractivity contribution < 1.29 is 13.9 Å². The van der Waals surface area contributed by atoms with E-state index in [1.807, 2.05) is 12.1 Å². The van der Waals surface area contributed by atoms with E-state index in [2.05, 4.69) is 33.4 Å². The van der Waals surface area contributed by atoms with Crippen molar-refractivity contribution in [2.45, 2.75) is 26.3 Å². The Hall–Kier alpha value is -3.45. The molecule has 0 unspecified atom stereocenters. The van der Waals surface area contributed by atoms with Gasteiger partial charge in [-0.3, -0.25) is 14.7 Å². The van der Waals surface area contributed by atoms with Gasteiger partial charge in [0, 0.05) is 55.8 Å². The third-order valence-electron chi connectivity index (χ3n) is 6.36. The first kappa shape index (κ1) is 21.4. The number of nitrogens with zero attached hydrogens (tertiary/aromatic N) is 2. The lowest BCUT2D eigenvalue weighted by molar-refractivity contribution is -0.119. The predicted molar refractivity (Wildman–Crippen MR) is 127 cm³/mol. The first-order chi connectivity index (χ1) is 16.0. The number of pyridine rings is 1. The van der Waals surface area contributed by atoms with Crippen LogP contribution in [0.15, 0.2) is 42.5 Å². The Morgan fingerprint density at radius 3 is 2.91 bits per heavy atom. The molecule has 1 amide bonds. The van der Waals surface area contributed by atoms with Gasteiger partial charge in [0.05, 0.1) is 24.0 Å². The Morgan fingerprint density at radius 2 is 2.12 bits per heavy atom. The van der Waals surface area contributed by atoms with E-state index in [9.17, 15) is 9.18 Å². The Balaban J connectivity index is 1.56. The molecule has 1 aliphatic heterocycles. The molecular formula is C26H27FN4O2. The van der Waals surface area contributed by atoms with Crippen molar-refractivity contribution in [2.24, 2.45) is 0 Å².